The average molecular weight is 479 g/mol. The molecule has 0 bridgehead atoms. The smallest absolute Gasteiger partial charge is 0.150 e. The summed E-state index contributed by atoms with van der Waals surface area (Å²) in [5, 5.41) is 0. The van der Waals surface area contributed by atoms with Crippen molar-refractivity contribution < 1.29 is 18.9 Å². The summed E-state index contributed by atoms with van der Waals surface area (Å²) < 4.78 is 23.7. The van der Waals surface area contributed by atoms with E-state index >= 15 is 0 Å². The van der Waals surface area contributed by atoms with Gasteiger partial charge in [-0.1, -0.05) is 61.5 Å². The van der Waals surface area contributed by atoms with Gasteiger partial charge >= 0.3 is 0 Å². The summed E-state index contributed by atoms with van der Waals surface area (Å²) in [4.78, 5) is 0. The zero-order valence-corrected chi connectivity index (χ0v) is 20.9. The van der Waals surface area contributed by atoms with Crippen LogP contribution in [0.5, 0.6) is 23.0 Å². The summed E-state index contributed by atoms with van der Waals surface area (Å²) in [5.74, 6) is 3.31. The zero-order chi connectivity index (χ0) is 24.9. The molecule has 0 saturated heterocycles. The van der Waals surface area contributed by atoms with Crippen molar-refractivity contribution in [3.05, 3.63) is 119 Å². The SMILES string of the molecule is CCC1=C(c2cccc(OC)c2)C(c2ccc(OCc3ccccc3)cc2)Oc2ccc(OC)cc21. The van der Waals surface area contributed by atoms with Crippen molar-refractivity contribution >= 4 is 11.1 Å². The number of methoxy groups -OCH3 is 2. The summed E-state index contributed by atoms with van der Waals surface area (Å²) in [7, 11) is 3.38. The lowest BCUT2D eigenvalue weighted by molar-refractivity contribution is 0.258. The second-order valence-corrected chi connectivity index (χ2v) is 8.68. The van der Waals surface area contributed by atoms with Gasteiger partial charge in [-0.05, 0) is 71.1 Å². The molecule has 1 aliphatic rings. The van der Waals surface area contributed by atoms with Crippen molar-refractivity contribution in [2.75, 3.05) is 14.2 Å². The van der Waals surface area contributed by atoms with Crippen LogP contribution in [0.15, 0.2) is 97.1 Å². The molecule has 1 aliphatic heterocycles. The van der Waals surface area contributed by atoms with Gasteiger partial charge in [-0.2, -0.15) is 0 Å². The van der Waals surface area contributed by atoms with E-state index in [1.807, 2.05) is 54.6 Å². The first-order valence-electron chi connectivity index (χ1n) is 12.2. The zero-order valence-electron chi connectivity index (χ0n) is 20.9. The molecule has 5 rings (SSSR count). The Morgan fingerprint density at radius 2 is 1.44 bits per heavy atom. The molecule has 36 heavy (non-hydrogen) atoms. The van der Waals surface area contributed by atoms with Crippen LogP contribution in [0.4, 0.5) is 0 Å². The van der Waals surface area contributed by atoms with Gasteiger partial charge in [0.2, 0.25) is 0 Å². The highest BCUT2D eigenvalue weighted by Gasteiger charge is 2.31. The van der Waals surface area contributed by atoms with Crippen molar-refractivity contribution in [3.63, 3.8) is 0 Å². The van der Waals surface area contributed by atoms with Gasteiger partial charge in [-0.3, -0.25) is 0 Å². The molecule has 0 N–H and O–H groups in total. The van der Waals surface area contributed by atoms with E-state index in [0.717, 1.165) is 57.2 Å². The molecule has 0 amide bonds. The van der Waals surface area contributed by atoms with Gasteiger partial charge in [0, 0.05) is 11.1 Å². The average Bonchev–Trinajstić information content (AvgIpc) is 2.95. The predicted octanol–water partition coefficient (Wildman–Crippen LogP) is 7.74. The van der Waals surface area contributed by atoms with Crippen molar-refractivity contribution in [2.24, 2.45) is 0 Å². The van der Waals surface area contributed by atoms with E-state index in [-0.39, 0.29) is 6.10 Å². The van der Waals surface area contributed by atoms with Crippen molar-refractivity contribution in [1.29, 1.82) is 0 Å². The molecule has 1 heterocycles. The Morgan fingerprint density at radius 3 is 2.17 bits per heavy atom. The van der Waals surface area contributed by atoms with E-state index in [0.29, 0.717) is 6.61 Å². The molecular weight excluding hydrogens is 448 g/mol. The number of rotatable bonds is 8. The monoisotopic (exact) mass is 478 g/mol. The normalized spacial score (nSPS) is 14.6. The van der Waals surface area contributed by atoms with E-state index in [1.165, 1.54) is 5.57 Å². The topological polar surface area (TPSA) is 36.9 Å². The molecular formula is C32H30O4. The molecule has 0 saturated carbocycles. The third-order valence-electron chi connectivity index (χ3n) is 6.51. The summed E-state index contributed by atoms with van der Waals surface area (Å²) >= 11 is 0. The first-order chi connectivity index (χ1) is 17.7. The van der Waals surface area contributed by atoms with E-state index in [2.05, 4.69) is 49.4 Å². The third kappa shape index (κ3) is 4.80. The highest BCUT2D eigenvalue weighted by atomic mass is 16.5. The Balaban J connectivity index is 1.54. The molecule has 0 radical (unpaired) electrons. The van der Waals surface area contributed by atoms with E-state index in [4.69, 9.17) is 18.9 Å². The lowest BCUT2D eigenvalue weighted by Crippen LogP contribution is -2.17. The van der Waals surface area contributed by atoms with E-state index < -0.39 is 0 Å². The summed E-state index contributed by atoms with van der Waals surface area (Å²) in [6.07, 6.45) is 0.585. The summed E-state index contributed by atoms with van der Waals surface area (Å²) in [5.41, 5.74) is 6.71. The molecule has 1 atom stereocenters. The van der Waals surface area contributed by atoms with Crippen LogP contribution >= 0.6 is 0 Å². The van der Waals surface area contributed by atoms with Crippen LogP contribution in [0.3, 0.4) is 0 Å². The fourth-order valence-electron chi connectivity index (χ4n) is 4.68. The minimum atomic E-state index is -0.267. The van der Waals surface area contributed by atoms with Gasteiger partial charge < -0.3 is 18.9 Å². The number of benzene rings is 4. The number of fused-ring (bicyclic) bond motifs is 1. The Bertz CT molecular complexity index is 1360. The molecule has 4 heteroatoms. The van der Waals surface area contributed by atoms with E-state index in [1.54, 1.807) is 14.2 Å². The number of hydrogen-bond donors (Lipinski definition) is 0. The maximum Gasteiger partial charge on any atom is 0.150 e. The highest BCUT2D eigenvalue weighted by molar-refractivity contribution is 5.96. The summed E-state index contributed by atoms with van der Waals surface area (Å²) in [6, 6.07) is 32.6. The van der Waals surface area contributed by atoms with Gasteiger partial charge in [-0.25, -0.2) is 0 Å². The maximum atomic E-state index is 6.66. The Morgan fingerprint density at radius 1 is 0.722 bits per heavy atom. The minimum Gasteiger partial charge on any atom is -0.497 e. The van der Waals surface area contributed by atoms with Crippen LogP contribution in [-0.4, -0.2) is 14.2 Å². The molecule has 0 spiro atoms. The summed E-state index contributed by atoms with van der Waals surface area (Å²) in [6.45, 7) is 2.71. The van der Waals surface area contributed by atoms with Crippen LogP contribution in [0, 0.1) is 0 Å². The second-order valence-electron chi connectivity index (χ2n) is 8.68. The second kappa shape index (κ2) is 10.6. The van der Waals surface area contributed by atoms with Gasteiger partial charge in [0.05, 0.1) is 14.2 Å². The fourth-order valence-corrected chi connectivity index (χ4v) is 4.68. The number of ether oxygens (including phenoxy) is 4. The van der Waals surface area contributed by atoms with Crippen LogP contribution in [0.2, 0.25) is 0 Å². The molecule has 4 nitrogen and oxygen atoms in total. The van der Waals surface area contributed by atoms with Gasteiger partial charge in [0.25, 0.3) is 0 Å². The largest absolute Gasteiger partial charge is 0.497 e. The first-order valence-corrected chi connectivity index (χ1v) is 12.2. The van der Waals surface area contributed by atoms with Gasteiger partial charge in [-0.15, -0.1) is 0 Å². The van der Waals surface area contributed by atoms with Crippen LogP contribution < -0.4 is 18.9 Å². The van der Waals surface area contributed by atoms with Crippen molar-refractivity contribution in [3.8, 4) is 23.0 Å². The van der Waals surface area contributed by atoms with Crippen molar-refractivity contribution in [1.82, 2.24) is 0 Å². The molecule has 182 valence electrons. The standard InChI is InChI=1S/C32H30O4/c1-4-28-29-20-27(34-3)17-18-30(29)36-32(31(28)24-11-8-12-26(19-24)33-2)23-13-15-25(16-14-23)35-21-22-9-6-5-7-10-22/h5-20,32H,4,21H2,1-3H3. The lowest BCUT2D eigenvalue weighted by atomic mass is 9.84. The molecule has 1 unspecified atom stereocenters. The number of hydrogen-bond acceptors (Lipinski definition) is 4. The fraction of sp³-hybridized carbons (Fsp3) is 0.188. The van der Waals surface area contributed by atoms with Crippen LogP contribution in [0.1, 0.15) is 41.7 Å². The van der Waals surface area contributed by atoms with Gasteiger partial charge in [0.1, 0.15) is 35.7 Å². The van der Waals surface area contributed by atoms with Gasteiger partial charge in [0.15, 0.2) is 0 Å². The Labute approximate surface area is 212 Å². The van der Waals surface area contributed by atoms with Crippen LogP contribution in [-0.2, 0) is 6.61 Å². The van der Waals surface area contributed by atoms with Crippen LogP contribution in [0.25, 0.3) is 11.1 Å². The number of allylic oxidation sites excluding steroid dienone is 1. The maximum absolute atomic E-state index is 6.66. The predicted molar refractivity (Wildman–Crippen MR) is 144 cm³/mol. The first kappa shape index (κ1) is 23.6. The molecule has 0 aromatic heterocycles. The Hall–Kier alpha value is -4.18. The minimum absolute atomic E-state index is 0.267. The molecule has 4 aromatic carbocycles. The molecule has 0 aliphatic carbocycles. The Kier molecular flexibility index (Phi) is 6.94. The molecule has 0 fully saturated rings. The third-order valence-corrected chi connectivity index (χ3v) is 6.51. The quantitative estimate of drug-likeness (QED) is 0.260. The highest BCUT2D eigenvalue weighted by Crippen LogP contribution is 2.49. The van der Waals surface area contributed by atoms with Crippen molar-refractivity contribution in [2.45, 2.75) is 26.1 Å². The molecule has 4 aromatic rings. The lowest BCUT2D eigenvalue weighted by Gasteiger charge is -2.32. The van der Waals surface area contributed by atoms with E-state index in [9.17, 15) is 0 Å².